The predicted octanol–water partition coefficient (Wildman–Crippen LogP) is 3.67. The number of hydrogen-bond donors (Lipinski definition) is 1. The summed E-state index contributed by atoms with van der Waals surface area (Å²) in [7, 11) is 0. The minimum atomic E-state index is 0.223. The van der Waals surface area contributed by atoms with E-state index >= 15 is 0 Å². The number of anilines is 1. The fraction of sp³-hybridized carbons (Fsp3) is 0.417. The van der Waals surface area contributed by atoms with Gasteiger partial charge in [-0.25, -0.2) is 0 Å². The van der Waals surface area contributed by atoms with Crippen molar-refractivity contribution < 1.29 is 0 Å². The molecule has 0 unspecified atom stereocenters. The van der Waals surface area contributed by atoms with E-state index in [2.05, 4.69) is 26.1 Å². The van der Waals surface area contributed by atoms with Gasteiger partial charge in [0.25, 0.3) is 0 Å². The average molecular weight is 223 g/mol. The fourth-order valence-corrected chi connectivity index (χ4v) is 1.31. The highest BCUT2D eigenvalue weighted by Crippen LogP contribution is 2.21. The van der Waals surface area contributed by atoms with Crippen LogP contribution in [0.15, 0.2) is 18.2 Å². The first-order chi connectivity index (χ1) is 6.92. The van der Waals surface area contributed by atoms with Crippen LogP contribution in [0.2, 0.25) is 5.02 Å². The summed E-state index contributed by atoms with van der Waals surface area (Å²) in [5, 5.41) is 12.5. The molecule has 1 N–H and O–H groups in total. The summed E-state index contributed by atoms with van der Waals surface area (Å²) in [6.07, 6.45) is 0. The van der Waals surface area contributed by atoms with Crippen molar-refractivity contribution in [1.82, 2.24) is 0 Å². The lowest BCUT2D eigenvalue weighted by atomic mass is 9.97. The standard InChI is InChI=1S/C12H15ClN2/c1-12(2,3)8-15-10-5-4-9(7-14)11(13)6-10/h4-6,15H,8H2,1-3H3. The summed E-state index contributed by atoms with van der Waals surface area (Å²) in [6, 6.07) is 7.42. The topological polar surface area (TPSA) is 35.8 Å². The minimum absolute atomic E-state index is 0.223. The Morgan fingerprint density at radius 1 is 1.40 bits per heavy atom. The van der Waals surface area contributed by atoms with Crippen LogP contribution in [0.1, 0.15) is 26.3 Å². The lowest BCUT2D eigenvalue weighted by Crippen LogP contribution is -2.18. The summed E-state index contributed by atoms with van der Waals surface area (Å²) >= 11 is 5.92. The smallest absolute Gasteiger partial charge is 0.101 e. The van der Waals surface area contributed by atoms with Gasteiger partial charge in [0.15, 0.2) is 0 Å². The van der Waals surface area contributed by atoms with Gasteiger partial charge in [0.2, 0.25) is 0 Å². The molecule has 0 spiro atoms. The van der Waals surface area contributed by atoms with Crippen LogP contribution in [0, 0.1) is 16.7 Å². The van der Waals surface area contributed by atoms with Crippen LogP contribution >= 0.6 is 11.6 Å². The molecule has 1 aromatic carbocycles. The molecule has 0 aromatic heterocycles. The van der Waals surface area contributed by atoms with Crippen LogP contribution in [0.5, 0.6) is 0 Å². The summed E-state index contributed by atoms with van der Waals surface area (Å²) in [5.74, 6) is 0. The van der Waals surface area contributed by atoms with Crippen LogP contribution in [0.25, 0.3) is 0 Å². The van der Waals surface area contributed by atoms with Gasteiger partial charge in [-0.1, -0.05) is 32.4 Å². The Kier molecular flexibility index (Phi) is 3.60. The van der Waals surface area contributed by atoms with E-state index in [1.54, 1.807) is 12.1 Å². The second-order valence-electron chi connectivity index (χ2n) is 4.72. The third-order valence-corrected chi connectivity index (χ3v) is 2.23. The molecule has 0 saturated carbocycles. The molecule has 0 aliphatic rings. The van der Waals surface area contributed by atoms with Crippen LogP contribution < -0.4 is 5.32 Å². The van der Waals surface area contributed by atoms with E-state index in [4.69, 9.17) is 16.9 Å². The van der Waals surface area contributed by atoms with Crippen LogP contribution in [-0.4, -0.2) is 6.54 Å². The minimum Gasteiger partial charge on any atom is -0.384 e. The monoisotopic (exact) mass is 222 g/mol. The van der Waals surface area contributed by atoms with E-state index in [0.29, 0.717) is 10.6 Å². The Morgan fingerprint density at radius 3 is 2.53 bits per heavy atom. The number of nitrogens with one attached hydrogen (secondary N) is 1. The molecule has 1 rings (SSSR count). The van der Waals surface area contributed by atoms with Gasteiger partial charge in [-0.2, -0.15) is 5.26 Å². The van der Waals surface area contributed by atoms with Crippen molar-refractivity contribution in [2.45, 2.75) is 20.8 Å². The van der Waals surface area contributed by atoms with Crippen molar-refractivity contribution in [3.05, 3.63) is 28.8 Å². The largest absolute Gasteiger partial charge is 0.384 e. The molecule has 3 heteroatoms. The number of halogens is 1. The first kappa shape index (κ1) is 11.9. The van der Waals surface area contributed by atoms with Crippen molar-refractivity contribution >= 4 is 17.3 Å². The van der Waals surface area contributed by atoms with Gasteiger partial charge in [0, 0.05) is 12.2 Å². The van der Waals surface area contributed by atoms with Crippen molar-refractivity contribution in [2.24, 2.45) is 5.41 Å². The molecule has 0 radical (unpaired) electrons. The molecule has 0 saturated heterocycles. The second-order valence-corrected chi connectivity index (χ2v) is 5.13. The van der Waals surface area contributed by atoms with Crippen molar-refractivity contribution in [2.75, 3.05) is 11.9 Å². The van der Waals surface area contributed by atoms with Crippen LogP contribution in [0.3, 0.4) is 0 Å². The van der Waals surface area contributed by atoms with Crippen molar-refractivity contribution in [3.63, 3.8) is 0 Å². The zero-order valence-corrected chi connectivity index (χ0v) is 10.0. The maximum Gasteiger partial charge on any atom is 0.101 e. The number of nitrogens with zero attached hydrogens (tertiary/aromatic N) is 1. The Bertz CT molecular complexity index is 386. The molecule has 2 nitrogen and oxygen atoms in total. The fourth-order valence-electron chi connectivity index (χ4n) is 1.08. The van der Waals surface area contributed by atoms with Crippen LogP contribution in [-0.2, 0) is 0 Å². The summed E-state index contributed by atoms with van der Waals surface area (Å²) in [4.78, 5) is 0. The normalized spacial score (nSPS) is 10.9. The van der Waals surface area contributed by atoms with Crippen molar-refractivity contribution in [3.8, 4) is 6.07 Å². The van der Waals surface area contributed by atoms with Gasteiger partial charge >= 0.3 is 0 Å². The van der Waals surface area contributed by atoms with E-state index in [0.717, 1.165) is 12.2 Å². The second kappa shape index (κ2) is 4.55. The number of hydrogen-bond acceptors (Lipinski definition) is 2. The lowest BCUT2D eigenvalue weighted by Gasteiger charge is -2.19. The molecule has 0 amide bonds. The van der Waals surface area contributed by atoms with E-state index in [9.17, 15) is 0 Å². The molecular formula is C12H15ClN2. The Labute approximate surface area is 95.9 Å². The Hall–Kier alpha value is -1.20. The van der Waals surface area contributed by atoms with E-state index in [1.807, 2.05) is 12.1 Å². The zero-order valence-electron chi connectivity index (χ0n) is 9.26. The Morgan fingerprint density at radius 2 is 2.07 bits per heavy atom. The summed E-state index contributed by atoms with van der Waals surface area (Å²) < 4.78 is 0. The first-order valence-electron chi connectivity index (χ1n) is 4.86. The number of nitriles is 1. The van der Waals surface area contributed by atoms with Gasteiger partial charge in [0.1, 0.15) is 6.07 Å². The molecule has 0 heterocycles. The molecular weight excluding hydrogens is 208 g/mol. The highest BCUT2D eigenvalue weighted by molar-refractivity contribution is 6.32. The average Bonchev–Trinajstić information content (AvgIpc) is 2.14. The third kappa shape index (κ3) is 3.81. The van der Waals surface area contributed by atoms with Gasteiger partial charge in [-0.3, -0.25) is 0 Å². The molecule has 15 heavy (non-hydrogen) atoms. The quantitative estimate of drug-likeness (QED) is 0.829. The van der Waals surface area contributed by atoms with Gasteiger partial charge in [-0.15, -0.1) is 0 Å². The molecule has 0 bridgehead atoms. The maximum atomic E-state index is 8.71. The molecule has 80 valence electrons. The SMILES string of the molecule is CC(C)(C)CNc1ccc(C#N)c(Cl)c1. The number of benzene rings is 1. The van der Waals surface area contributed by atoms with E-state index in [1.165, 1.54) is 0 Å². The molecule has 0 aliphatic carbocycles. The van der Waals surface area contributed by atoms with Crippen LogP contribution in [0.4, 0.5) is 5.69 Å². The molecule has 1 aromatic rings. The lowest BCUT2D eigenvalue weighted by molar-refractivity contribution is 0.443. The maximum absolute atomic E-state index is 8.71. The molecule has 0 atom stereocenters. The predicted molar refractivity (Wildman–Crippen MR) is 64.1 cm³/mol. The van der Waals surface area contributed by atoms with Gasteiger partial charge in [-0.05, 0) is 23.6 Å². The summed E-state index contributed by atoms with van der Waals surface area (Å²) in [5.41, 5.74) is 1.69. The van der Waals surface area contributed by atoms with Gasteiger partial charge < -0.3 is 5.32 Å². The highest BCUT2D eigenvalue weighted by Gasteiger charge is 2.09. The van der Waals surface area contributed by atoms with Crippen molar-refractivity contribution in [1.29, 1.82) is 5.26 Å². The van der Waals surface area contributed by atoms with E-state index < -0.39 is 0 Å². The third-order valence-electron chi connectivity index (χ3n) is 1.91. The van der Waals surface area contributed by atoms with E-state index in [-0.39, 0.29) is 5.41 Å². The highest BCUT2D eigenvalue weighted by atomic mass is 35.5. The first-order valence-corrected chi connectivity index (χ1v) is 5.24. The number of rotatable bonds is 2. The van der Waals surface area contributed by atoms with Gasteiger partial charge in [0.05, 0.1) is 10.6 Å². The molecule has 0 fully saturated rings. The summed E-state index contributed by atoms with van der Waals surface area (Å²) in [6.45, 7) is 7.34. The molecule has 0 aliphatic heterocycles. The zero-order chi connectivity index (χ0) is 11.5. The Balaban J connectivity index is 2.73.